The van der Waals surface area contributed by atoms with Gasteiger partial charge >= 0.3 is 0 Å². The topological polar surface area (TPSA) is 37.4 Å². The van der Waals surface area contributed by atoms with E-state index < -0.39 is 10.0 Å². The Balaban J connectivity index is 2.14. The SMILES string of the molecule is Cc1ccc(S(=O)(=O)N(Cc2ccccc2Cl)c2cc(C)cc(C)c2)cc1. The first kappa shape index (κ1) is 19.5. The second kappa shape index (κ2) is 7.75. The quantitative estimate of drug-likeness (QED) is 0.555. The Morgan fingerprint density at radius 2 is 1.41 bits per heavy atom. The van der Waals surface area contributed by atoms with Gasteiger partial charge in [-0.15, -0.1) is 0 Å². The molecule has 3 aromatic carbocycles. The summed E-state index contributed by atoms with van der Waals surface area (Å²) in [6.07, 6.45) is 0. The molecule has 0 saturated carbocycles. The van der Waals surface area contributed by atoms with E-state index in [4.69, 9.17) is 11.6 Å². The maximum absolute atomic E-state index is 13.5. The highest BCUT2D eigenvalue weighted by atomic mass is 35.5. The van der Waals surface area contributed by atoms with Gasteiger partial charge in [0.15, 0.2) is 0 Å². The van der Waals surface area contributed by atoms with E-state index >= 15 is 0 Å². The van der Waals surface area contributed by atoms with Gasteiger partial charge in [-0.1, -0.05) is 53.6 Å². The van der Waals surface area contributed by atoms with E-state index in [2.05, 4.69) is 0 Å². The third-order valence-electron chi connectivity index (χ3n) is 4.38. The van der Waals surface area contributed by atoms with Crippen LogP contribution in [0.4, 0.5) is 5.69 Å². The first-order valence-corrected chi connectivity index (χ1v) is 10.5. The lowest BCUT2D eigenvalue weighted by molar-refractivity contribution is 0.590. The molecule has 27 heavy (non-hydrogen) atoms. The van der Waals surface area contributed by atoms with Gasteiger partial charge in [-0.2, -0.15) is 0 Å². The number of hydrogen-bond acceptors (Lipinski definition) is 2. The number of sulfonamides is 1. The summed E-state index contributed by atoms with van der Waals surface area (Å²) in [5.74, 6) is 0. The van der Waals surface area contributed by atoms with Crippen LogP contribution in [0.5, 0.6) is 0 Å². The summed E-state index contributed by atoms with van der Waals surface area (Å²) < 4.78 is 28.4. The van der Waals surface area contributed by atoms with Crippen LogP contribution in [0.2, 0.25) is 5.02 Å². The molecule has 3 aromatic rings. The van der Waals surface area contributed by atoms with Crippen molar-refractivity contribution < 1.29 is 8.42 Å². The highest BCUT2D eigenvalue weighted by Gasteiger charge is 2.26. The van der Waals surface area contributed by atoms with Crippen LogP contribution in [-0.4, -0.2) is 8.42 Å². The number of anilines is 1. The minimum absolute atomic E-state index is 0.165. The summed E-state index contributed by atoms with van der Waals surface area (Å²) in [5.41, 5.74) is 4.42. The van der Waals surface area contributed by atoms with Crippen molar-refractivity contribution in [2.24, 2.45) is 0 Å². The standard InChI is InChI=1S/C22H22ClNO2S/c1-16-8-10-21(11-9-16)27(25,26)24(15-19-6-4-5-7-22(19)23)20-13-17(2)12-18(3)14-20/h4-14H,15H2,1-3H3. The summed E-state index contributed by atoms with van der Waals surface area (Å²) in [7, 11) is -3.74. The Labute approximate surface area is 166 Å². The van der Waals surface area contributed by atoms with E-state index in [1.54, 1.807) is 18.2 Å². The number of benzene rings is 3. The van der Waals surface area contributed by atoms with Crippen LogP contribution in [0.1, 0.15) is 22.3 Å². The van der Waals surface area contributed by atoms with Gasteiger partial charge in [0.1, 0.15) is 0 Å². The molecule has 0 aliphatic carbocycles. The van der Waals surface area contributed by atoms with Gasteiger partial charge in [0, 0.05) is 5.02 Å². The fourth-order valence-corrected chi connectivity index (χ4v) is 4.65. The monoisotopic (exact) mass is 399 g/mol. The third kappa shape index (κ3) is 4.34. The Morgan fingerprint density at radius 1 is 0.815 bits per heavy atom. The molecule has 3 nitrogen and oxygen atoms in total. The first-order chi connectivity index (χ1) is 12.8. The van der Waals surface area contributed by atoms with E-state index in [9.17, 15) is 8.42 Å². The minimum atomic E-state index is -3.74. The molecule has 0 aliphatic heterocycles. The molecule has 0 spiro atoms. The average Bonchev–Trinajstić information content (AvgIpc) is 2.60. The Kier molecular flexibility index (Phi) is 5.59. The normalized spacial score (nSPS) is 11.4. The smallest absolute Gasteiger partial charge is 0.262 e. The van der Waals surface area contributed by atoms with Crippen molar-refractivity contribution in [1.82, 2.24) is 0 Å². The highest BCUT2D eigenvalue weighted by molar-refractivity contribution is 7.92. The largest absolute Gasteiger partial charge is 0.264 e. The number of rotatable bonds is 5. The van der Waals surface area contributed by atoms with E-state index in [1.807, 2.05) is 69.3 Å². The molecular weight excluding hydrogens is 378 g/mol. The predicted molar refractivity (Wildman–Crippen MR) is 112 cm³/mol. The van der Waals surface area contributed by atoms with Crippen molar-refractivity contribution in [3.05, 3.63) is 94.0 Å². The van der Waals surface area contributed by atoms with Gasteiger partial charge in [0.25, 0.3) is 10.0 Å². The lowest BCUT2D eigenvalue weighted by Crippen LogP contribution is -2.30. The van der Waals surface area contributed by atoms with Gasteiger partial charge in [-0.05, 0) is 67.8 Å². The lowest BCUT2D eigenvalue weighted by Gasteiger charge is -2.26. The van der Waals surface area contributed by atoms with E-state index in [0.717, 1.165) is 22.3 Å². The van der Waals surface area contributed by atoms with Crippen molar-refractivity contribution >= 4 is 27.3 Å². The molecule has 0 fully saturated rings. The molecule has 0 bridgehead atoms. The Hall–Kier alpha value is -2.30. The zero-order chi connectivity index (χ0) is 19.6. The molecular formula is C22H22ClNO2S. The molecule has 3 rings (SSSR count). The van der Waals surface area contributed by atoms with Crippen LogP contribution in [0, 0.1) is 20.8 Å². The van der Waals surface area contributed by atoms with Crippen molar-refractivity contribution in [3.8, 4) is 0 Å². The summed E-state index contributed by atoms with van der Waals surface area (Å²) in [6, 6.07) is 20.0. The molecule has 0 unspecified atom stereocenters. The summed E-state index contributed by atoms with van der Waals surface area (Å²) in [4.78, 5) is 0.263. The molecule has 0 heterocycles. The van der Waals surface area contributed by atoms with E-state index in [1.165, 1.54) is 4.31 Å². The highest BCUT2D eigenvalue weighted by Crippen LogP contribution is 2.29. The van der Waals surface area contributed by atoms with Crippen LogP contribution >= 0.6 is 11.6 Å². The number of hydrogen-bond donors (Lipinski definition) is 0. The van der Waals surface area contributed by atoms with Crippen molar-refractivity contribution in [2.75, 3.05) is 4.31 Å². The lowest BCUT2D eigenvalue weighted by atomic mass is 10.1. The van der Waals surface area contributed by atoms with Gasteiger partial charge in [0.2, 0.25) is 0 Å². The maximum atomic E-state index is 13.5. The predicted octanol–water partition coefficient (Wildman–Crippen LogP) is 5.66. The van der Waals surface area contributed by atoms with Gasteiger partial charge in [-0.25, -0.2) is 8.42 Å². The molecule has 140 valence electrons. The summed E-state index contributed by atoms with van der Waals surface area (Å²) >= 11 is 6.31. The number of aryl methyl sites for hydroxylation is 3. The molecule has 0 aliphatic rings. The second-order valence-electron chi connectivity index (χ2n) is 6.76. The van der Waals surface area contributed by atoms with Crippen molar-refractivity contribution in [3.63, 3.8) is 0 Å². The molecule has 5 heteroatoms. The van der Waals surface area contributed by atoms with Crippen LogP contribution in [0.3, 0.4) is 0 Å². The summed E-state index contributed by atoms with van der Waals surface area (Å²) in [6.45, 7) is 6.02. The maximum Gasteiger partial charge on any atom is 0.264 e. The Morgan fingerprint density at radius 3 is 2.00 bits per heavy atom. The Bertz CT molecular complexity index is 1040. The van der Waals surface area contributed by atoms with Gasteiger partial charge in [-0.3, -0.25) is 4.31 Å². The number of nitrogens with zero attached hydrogens (tertiary/aromatic N) is 1. The second-order valence-corrected chi connectivity index (χ2v) is 9.03. The first-order valence-electron chi connectivity index (χ1n) is 8.68. The molecule has 0 atom stereocenters. The third-order valence-corrected chi connectivity index (χ3v) is 6.53. The van der Waals surface area contributed by atoms with Crippen LogP contribution in [0.15, 0.2) is 71.6 Å². The van der Waals surface area contributed by atoms with Crippen molar-refractivity contribution in [1.29, 1.82) is 0 Å². The number of halogens is 1. The minimum Gasteiger partial charge on any atom is -0.262 e. The molecule has 0 aromatic heterocycles. The summed E-state index contributed by atoms with van der Waals surface area (Å²) in [5, 5.41) is 0.547. The zero-order valence-corrected chi connectivity index (χ0v) is 17.2. The zero-order valence-electron chi connectivity index (χ0n) is 15.6. The molecule has 0 N–H and O–H groups in total. The van der Waals surface area contributed by atoms with Crippen molar-refractivity contribution in [2.45, 2.75) is 32.2 Å². The van der Waals surface area contributed by atoms with Gasteiger partial charge in [0.05, 0.1) is 17.1 Å². The molecule has 0 saturated heterocycles. The van der Waals surface area contributed by atoms with E-state index in [0.29, 0.717) is 10.7 Å². The van der Waals surface area contributed by atoms with Gasteiger partial charge < -0.3 is 0 Å². The average molecular weight is 400 g/mol. The van der Waals surface area contributed by atoms with Crippen LogP contribution in [-0.2, 0) is 16.6 Å². The van der Waals surface area contributed by atoms with Crippen LogP contribution in [0.25, 0.3) is 0 Å². The van der Waals surface area contributed by atoms with Crippen LogP contribution < -0.4 is 4.31 Å². The van der Waals surface area contributed by atoms with E-state index in [-0.39, 0.29) is 11.4 Å². The fraction of sp³-hybridized carbons (Fsp3) is 0.182. The molecule has 0 amide bonds. The molecule has 0 radical (unpaired) electrons. The fourth-order valence-electron chi connectivity index (χ4n) is 3.03.